The zero-order chi connectivity index (χ0) is 5.11. The van der Waals surface area contributed by atoms with E-state index in [1.54, 1.807) is 0 Å². The molecule has 1 N–H and O–H groups in total. The van der Waals surface area contributed by atoms with Crippen molar-refractivity contribution in [1.29, 1.82) is 0 Å². The van der Waals surface area contributed by atoms with Crippen LogP contribution in [0.4, 0.5) is 0 Å². The number of hydrogen-bond acceptors (Lipinski definition) is 2. The number of piperazine rings is 1. The van der Waals surface area contributed by atoms with Gasteiger partial charge in [0.1, 0.15) is 0 Å². The molecule has 0 amide bonds. The Morgan fingerprint density at radius 1 is 1.29 bits per heavy atom. The van der Waals surface area contributed by atoms with Gasteiger partial charge in [0.05, 0.1) is 0 Å². The Hall–Kier alpha value is -0.0800. The van der Waals surface area contributed by atoms with Crippen LogP contribution in [-0.2, 0) is 0 Å². The molecule has 7 heavy (non-hydrogen) atoms. The lowest BCUT2D eigenvalue weighted by Crippen LogP contribution is -2.40. The molecule has 0 spiro atoms. The number of nitrogens with one attached hydrogen (secondary N) is 1. The maximum atomic E-state index is 3.27. The maximum absolute atomic E-state index is 3.27. The zero-order valence-electron chi connectivity index (χ0n) is 4.78. The lowest BCUT2D eigenvalue weighted by molar-refractivity contribution is 0.291. The second-order valence-corrected chi connectivity index (χ2v) is 2.05. The summed E-state index contributed by atoms with van der Waals surface area (Å²) in [6.07, 6.45) is 0. The SMILES string of the molecule is CN1CC[15NH][13CH2][13CH2]1. The second-order valence-electron chi connectivity index (χ2n) is 2.05. The molecule has 0 aromatic heterocycles. The average Bonchev–Trinajstić information content (AvgIpc) is 1.69. The highest BCUT2D eigenvalue weighted by molar-refractivity contribution is 4.62. The van der Waals surface area contributed by atoms with Crippen LogP contribution in [0.3, 0.4) is 0 Å². The van der Waals surface area contributed by atoms with Crippen molar-refractivity contribution in [2.45, 2.75) is 0 Å². The lowest BCUT2D eigenvalue weighted by Gasteiger charge is -2.21. The first kappa shape index (κ1) is 5.06. The molecule has 0 bridgehead atoms. The van der Waals surface area contributed by atoms with Crippen molar-refractivity contribution >= 4 is 0 Å². The van der Waals surface area contributed by atoms with Gasteiger partial charge in [-0.3, -0.25) is 0 Å². The van der Waals surface area contributed by atoms with Gasteiger partial charge in [-0.2, -0.15) is 0 Å². The summed E-state index contributed by atoms with van der Waals surface area (Å²) in [4.78, 5) is 2.33. The lowest BCUT2D eigenvalue weighted by atomic mass is 10.6. The van der Waals surface area contributed by atoms with E-state index in [4.69, 9.17) is 0 Å². The first-order valence-electron chi connectivity index (χ1n) is 2.79. The highest BCUT2D eigenvalue weighted by atomic mass is 15.8. The smallest absolute Gasteiger partial charge is 0.0104 e. The van der Waals surface area contributed by atoms with E-state index in [0.717, 1.165) is 13.1 Å². The van der Waals surface area contributed by atoms with Gasteiger partial charge in [-0.25, -0.2) is 0 Å². The minimum absolute atomic E-state index is 1.16. The third-order valence-corrected chi connectivity index (χ3v) is 1.34. The summed E-state index contributed by atoms with van der Waals surface area (Å²) in [6, 6.07) is 0. The number of likely N-dealkylation sites (N-methyl/N-ethyl adjacent to an activating group) is 1. The van der Waals surface area contributed by atoms with E-state index in [9.17, 15) is 0 Å². The van der Waals surface area contributed by atoms with Crippen LogP contribution in [0.1, 0.15) is 0 Å². The summed E-state index contributed by atoms with van der Waals surface area (Å²) in [6.45, 7) is 4.74. The summed E-state index contributed by atoms with van der Waals surface area (Å²) in [5, 5.41) is 3.27. The predicted octanol–water partition coefficient (Wildman–Crippen LogP) is -0.479. The summed E-state index contributed by atoms with van der Waals surface area (Å²) in [7, 11) is 2.15. The van der Waals surface area contributed by atoms with Crippen molar-refractivity contribution in [2.75, 3.05) is 33.2 Å². The van der Waals surface area contributed by atoms with Gasteiger partial charge in [0.25, 0.3) is 0 Å². The molecule has 1 aliphatic rings. The molecule has 1 saturated heterocycles. The van der Waals surface area contributed by atoms with Gasteiger partial charge in [0.2, 0.25) is 0 Å². The van der Waals surface area contributed by atoms with Crippen molar-refractivity contribution in [1.82, 2.24) is 10.2 Å². The summed E-state index contributed by atoms with van der Waals surface area (Å²) < 4.78 is 0. The van der Waals surface area contributed by atoms with Gasteiger partial charge in [-0.1, -0.05) is 0 Å². The van der Waals surface area contributed by atoms with Gasteiger partial charge in [0.15, 0.2) is 0 Å². The molecule has 2 heteroatoms. The van der Waals surface area contributed by atoms with Crippen LogP contribution in [-0.4, -0.2) is 38.1 Å². The first-order valence-corrected chi connectivity index (χ1v) is 2.79. The fourth-order valence-corrected chi connectivity index (χ4v) is 0.777. The summed E-state index contributed by atoms with van der Waals surface area (Å²) >= 11 is 0. The zero-order valence-corrected chi connectivity index (χ0v) is 4.78. The Labute approximate surface area is 44.5 Å². The topological polar surface area (TPSA) is 15.3 Å². The molecular weight excluding hydrogens is 91.0 g/mol. The van der Waals surface area contributed by atoms with Gasteiger partial charge in [-0.15, -0.1) is 0 Å². The highest BCUT2D eigenvalue weighted by Crippen LogP contribution is 1.82. The van der Waals surface area contributed by atoms with E-state index in [1.807, 2.05) is 0 Å². The number of nitrogens with zero attached hydrogens (tertiary/aromatic N) is 1. The molecule has 1 rings (SSSR count). The molecule has 1 fully saturated rings. The van der Waals surface area contributed by atoms with Crippen LogP contribution in [0.15, 0.2) is 0 Å². The fourth-order valence-electron chi connectivity index (χ4n) is 0.777. The largest absolute Gasteiger partial charge is 0.314 e. The number of hydrogen-bond donors (Lipinski definition) is 1. The Bertz CT molecular complexity index is 48.0. The average molecular weight is 103 g/mol. The predicted molar refractivity (Wildman–Crippen MR) is 30.4 cm³/mol. The van der Waals surface area contributed by atoms with Gasteiger partial charge in [-0.05, 0) is 7.05 Å². The molecule has 0 atom stereocenters. The monoisotopic (exact) mass is 103 g/mol. The summed E-state index contributed by atoms with van der Waals surface area (Å²) in [5.74, 6) is 0. The molecule has 2 nitrogen and oxygen atoms in total. The molecule has 0 radical (unpaired) electrons. The van der Waals surface area contributed by atoms with Gasteiger partial charge >= 0.3 is 0 Å². The van der Waals surface area contributed by atoms with Crippen LogP contribution < -0.4 is 5.32 Å². The van der Waals surface area contributed by atoms with E-state index in [1.165, 1.54) is 13.1 Å². The Morgan fingerprint density at radius 2 is 1.86 bits per heavy atom. The standard InChI is InChI=1S/C5H12N2/c1-7-4-2-6-3-5-7/h6H,2-5H2,1H3/i2+1,4+1,6+1. The van der Waals surface area contributed by atoms with Gasteiger partial charge < -0.3 is 10.2 Å². The molecule has 1 aliphatic heterocycles. The van der Waals surface area contributed by atoms with Crippen molar-refractivity contribution in [3.63, 3.8) is 0 Å². The van der Waals surface area contributed by atoms with Crippen LogP contribution in [0, 0.1) is 0 Å². The Kier molecular flexibility index (Phi) is 1.65. The molecule has 0 aromatic rings. The van der Waals surface area contributed by atoms with Gasteiger partial charge in [0, 0.05) is 26.2 Å². The normalized spacial score (nSPS) is 25.3. The van der Waals surface area contributed by atoms with E-state index >= 15 is 0 Å². The van der Waals surface area contributed by atoms with Crippen molar-refractivity contribution in [3.05, 3.63) is 0 Å². The molecule has 0 saturated carbocycles. The van der Waals surface area contributed by atoms with Crippen molar-refractivity contribution < 1.29 is 0 Å². The van der Waals surface area contributed by atoms with Crippen molar-refractivity contribution in [3.8, 4) is 0 Å². The minimum Gasteiger partial charge on any atom is -0.314 e. The van der Waals surface area contributed by atoms with Crippen LogP contribution in [0.25, 0.3) is 0 Å². The highest BCUT2D eigenvalue weighted by Gasteiger charge is 2.01. The molecular formula is C5H12N2. The minimum atomic E-state index is 1.16. The third kappa shape index (κ3) is 1.45. The van der Waals surface area contributed by atoms with Crippen LogP contribution >= 0.6 is 0 Å². The molecule has 0 unspecified atom stereocenters. The van der Waals surface area contributed by atoms with Crippen LogP contribution in [0.2, 0.25) is 0 Å². The van der Waals surface area contributed by atoms with E-state index in [2.05, 4.69) is 17.3 Å². The molecule has 0 aromatic carbocycles. The van der Waals surface area contributed by atoms with Crippen LogP contribution in [0.5, 0.6) is 0 Å². The second kappa shape index (κ2) is 2.28. The molecule has 0 aliphatic carbocycles. The quantitative estimate of drug-likeness (QED) is 0.329. The molecule has 1 heterocycles. The maximum Gasteiger partial charge on any atom is 0.0104 e. The van der Waals surface area contributed by atoms with E-state index in [-0.39, 0.29) is 0 Å². The fraction of sp³-hybridized carbons (Fsp3) is 1.00. The van der Waals surface area contributed by atoms with E-state index < -0.39 is 0 Å². The third-order valence-electron chi connectivity index (χ3n) is 1.34. The van der Waals surface area contributed by atoms with Crippen molar-refractivity contribution in [2.24, 2.45) is 0 Å². The van der Waals surface area contributed by atoms with E-state index in [0.29, 0.717) is 0 Å². The molecule has 42 valence electrons. The Morgan fingerprint density at radius 3 is 2.14 bits per heavy atom. The first-order chi connectivity index (χ1) is 3.39. The summed E-state index contributed by atoms with van der Waals surface area (Å²) in [5.41, 5.74) is 0. The Balaban J connectivity index is 2.12. The number of rotatable bonds is 0.